The van der Waals surface area contributed by atoms with Crippen LogP contribution in [0.25, 0.3) is 0 Å². The summed E-state index contributed by atoms with van der Waals surface area (Å²) < 4.78 is 3.98. The van der Waals surface area contributed by atoms with E-state index in [1.54, 1.807) is 9.80 Å². The number of carboxylic acid groups (broad SMARTS) is 2. The maximum Gasteiger partial charge on any atom is 0.227 e. The lowest BCUT2D eigenvalue weighted by atomic mass is 9.81. The van der Waals surface area contributed by atoms with Crippen molar-refractivity contribution in [1.82, 2.24) is 29.5 Å². The zero-order valence-corrected chi connectivity index (χ0v) is 37.8. The van der Waals surface area contributed by atoms with Crippen molar-refractivity contribution in [2.45, 2.75) is 76.5 Å². The molecule has 2 aliphatic rings. The monoisotopic (exact) mass is 896 g/mol. The fraction of sp³-hybridized carbons (Fsp3) is 0.360. The first-order valence-electron chi connectivity index (χ1n) is 22.7. The number of aliphatic carboxylic acids is 2. The fourth-order valence-corrected chi connectivity index (χ4v) is 9.14. The van der Waals surface area contributed by atoms with Gasteiger partial charge in [0.25, 0.3) is 0 Å². The number of piperidine rings is 2. The number of carbonyl (C=O) groups excluding carboxylic acids is 4. The van der Waals surface area contributed by atoms with E-state index < -0.39 is 23.0 Å². The first kappa shape index (κ1) is 48.4. The third-order valence-corrected chi connectivity index (χ3v) is 12.5. The molecule has 2 aromatic carbocycles. The minimum Gasteiger partial charge on any atom is -0.543 e. The molecule has 4 aromatic heterocycles. The largest absolute Gasteiger partial charge is 0.543 e. The van der Waals surface area contributed by atoms with Crippen LogP contribution in [-0.2, 0) is 43.3 Å². The summed E-state index contributed by atoms with van der Waals surface area (Å²) in [6.07, 6.45) is 15.9. The summed E-state index contributed by atoms with van der Waals surface area (Å²) >= 11 is 0. The molecule has 0 atom stereocenters. The molecule has 0 bridgehead atoms. The van der Waals surface area contributed by atoms with Gasteiger partial charge in [0.05, 0.1) is 75.7 Å². The summed E-state index contributed by atoms with van der Waals surface area (Å²) in [6, 6.07) is 36.2. The lowest BCUT2D eigenvalue weighted by Crippen LogP contribution is -3.14. The molecule has 16 nitrogen and oxygen atoms in total. The Morgan fingerprint density at radius 1 is 0.530 bits per heavy atom. The van der Waals surface area contributed by atoms with Crippen LogP contribution in [0.2, 0.25) is 0 Å². The number of carbonyl (C=O) groups is 4. The Labute approximate surface area is 386 Å². The number of hydrogen-bond donors (Lipinski definition) is 2. The molecule has 6 heterocycles. The number of amides is 2. The van der Waals surface area contributed by atoms with E-state index in [0.717, 1.165) is 101 Å². The molecule has 66 heavy (non-hydrogen) atoms. The van der Waals surface area contributed by atoms with Crippen LogP contribution in [-0.4, -0.2) is 92.6 Å². The third-order valence-electron chi connectivity index (χ3n) is 12.5. The van der Waals surface area contributed by atoms with Crippen LogP contribution in [0.4, 0.5) is 11.4 Å². The summed E-state index contributed by atoms with van der Waals surface area (Å²) in [4.78, 5) is 60.9. The minimum atomic E-state index is -2.19. The van der Waals surface area contributed by atoms with Crippen LogP contribution in [0.15, 0.2) is 146 Å². The maximum atomic E-state index is 13.2. The van der Waals surface area contributed by atoms with Crippen LogP contribution in [0.5, 0.6) is 0 Å². The zero-order valence-electron chi connectivity index (χ0n) is 37.8. The van der Waals surface area contributed by atoms with E-state index >= 15 is 0 Å². The molecule has 346 valence electrons. The number of likely N-dealkylation sites (tertiary alicyclic amines) is 2. The zero-order chi connectivity index (χ0) is 46.8. The van der Waals surface area contributed by atoms with Gasteiger partial charge in [0.2, 0.25) is 11.8 Å². The number of benzene rings is 2. The van der Waals surface area contributed by atoms with Crippen LogP contribution in [0, 0.1) is 0 Å². The Kier molecular flexibility index (Phi) is 17.4. The highest BCUT2D eigenvalue weighted by atomic mass is 16.4. The average Bonchev–Trinajstić information content (AvgIpc) is 4.11. The molecular weight excluding hydrogens is 837 g/mol. The Hall–Kier alpha value is -7.04. The molecule has 2 aliphatic heterocycles. The number of quaternary nitrogens is 2. The predicted octanol–water partition coefficient (Wildman–Crippen LogP) is 1.08. The van der Waals surface area contributed by atoms with E-state index in [1.807, 2.05) is 167 Å². The molecule has 2 amide bonds. The Morgan fingerprint density at radius 3 is 1.18 bits per heavy atom. The van der Waals surface area contributed by atoms with Gasteiger partial charge in [0, 0.05) is 87.1 Å². The molecule has 0 saturated carbocycles. The fourth-order valence-electron chi connectivity index (χ4n) is 9.14. The number of nitrogens with zero attached hydrogens (tertiary/aromatic N) is 8. The average molecular weight is 897 g/mol. The van der Waals surface area contributed by atoms with Crippen LogP contribution in [0.1, 0.15) is 63.8 Å². The van der Waals surface area contributed by atoms with E-state index in [1.165, 1.54) is 0 Å². The number of anilines is 2. The molecule has 8 rings (SSSR count). The van der Waals surface area contributed by atoms with Gasteiger partial charge in [-0.15, -0.1) is 0 Å². The van der Waals surface area contributed by atoms with Gasteiger partial charge < -0.3 is 39.4 Å². The van der Waals surface area contributed by atoms with Crippen LogP contribution in [0.3, 0.4) is 0 Å². The molecule has 6 aromatic rings. The lowest BCUT2D eigenvalue weighted by Gasteiger charge is -2.47. The number of aromatic nitrogens is 6. The number of pyridine rings is 2. The van der Waals surface area contributed by atoms with E-state index in [0.29, 0.717) is 12.8 Å². The highest BCUT2D eigenvalue weighted by Gasteiger charge is 2.48. The van der Waals surface area contributed by atoms with Crippen molar-refractivity contribution in [2.75, 3.05) is 49.1 Å². The lowest BCUT2D eigenvalue weighted by molar-refractivity contribution is -0.907. The molecule has 2 N–H and O–H groups in total. The summed E-state index contributed by atoms with van der Waals surface area (Å²) in [5, 5.41) is 26.5. The van der Waals surface area contributed by atoms with Gasteiger partial charge in [-0.05, 0) is 60.7 Å². The van der Waals surface area contributed by atoms with Crippen molar-refractivity contribution < 1.29 is 39.2 Å². The van der Waals surface area contributed by atoms with Gasteiger partial charge in [0.1, 0.15) is 11.1 Å². The van der Waals surface area contributed by atoms with Crippen molar-refractivity contribution in [3.05, 3.63) is 158 Å². The second-order valence-corrected chi connectivity index (χ2v) is 16.4. The van der Waals surface area contributed by atoms with Crippen molar-refractivity contribution in [2.24, 2.45) is 0 Å². The van der Waals surface area contributed by atoms with Gasteiger partial charge >= 0.3 is 0 Å². The summed E-state index contributed by atoms with van der Waals surface area (Å²) in [5.74, 6) is -4.08. The number of rotatable bonds is 14. The van der Waals surface area contributed by atoms with Gasteiger partial charge in [-0.2, -0.15) is 10.2 Å². The molecule has 0 unspecified atom stereocenters. The van der Waals surface area contributed by atoms with Crippen molar-refractivity contribution in [3.8, 4) is 0 Å². The Morgan fingerprint density at radius 2 is 0.894 bits per heavy atom. The Bertz CT molecular complexity index is 2200. The summed E-state index contributed by atoms with van der Waals surface area (Å²) in [7, 11) is 0. The molecular formula is C50H60N10O6. The second-order valence-electron chi connectivity index (χ2n) is 16.4. The maximum absolute atomic E-state index is 13.2. The number of carboxylic acids is 2. The van der Waals surface area contributed by atoms with Gasteiger partial charge in [-0.1, -0.05) is 62.4 Å². The highest BCUT2D eigenvalue weighted by molar-refractivity contribution is 6.25. The second kappa shape index (κ2) is 23.8. The minimum absolute atomic E-state index is 0.145. The topological polar surface area (TPSA) is 191 Å². The number of nitrogens with one attached hydrogen (secondary N) is 2. The predicted molar refractivity (Wildman–Crippen MR) is 244 cm³/mol. The number of hydrogen-bond acceptors (Lipinski definition) is 10. The highest BCUT2D eigenvalue weighted by Crippen LogP contribution is 2.40. The molecule has 2 saturated heterocycles. The molecule has 0 radical (unpaired) electrons. The van der Waals surface area contributed by atoms with Crippen LogP contribution >= 0.6 is 0 Å². The van der Waals surface area contributed by atoms with Crippen molar-refractivity contribution >= 4 is 35.1 Å². The van der Waals surface area contributed by atoms with Crippen LogP contribution < -0.4 is 29.8 Å². The normalized spacial score (nSPS) is 20.0. The van der Waals surface area contributed by atoms with E-state index in [2.05, 4.69) is 22.3 Å². The Balaban J connectivity index is 0.000000194. The SMILES string of the molecule is CCC(=O)N(c1ccccc1)C1(c2ccccn2)CC[NH+](CCn2cccn2)CC1.CCC(=O)N(c1ccccc1)C1(c2ccccn2)CC[NH+](CCn2cccn2)CC1.O=C([O-])C(=O)[O-]. The summed E-state index contributed by atoms with van der Waals surface area (Å²) in [6.45, 7) is 11.8. The third kappa shape index (κ3) is 12.2. The standard InChI is InChI=1S/2C24H29N5O.C2H2O4/c2*1-2-23(30)29(21-9-4-3-5-10-21)24(22-11-6-7-14-25-22)12-17-27(18-13-24)19-20-28-16-8-15-26-28;3-1(4)2(5)6/h2*3-11,14-16H,2,12-13,17-20H2,1H3;(H,3,4)(H,5,6). The molecule has 0 aliphatic carbocycles. The number of para-hydroxylation sites is 2. The first-order chi connectivity index (χ1) is 32.1. The quantitative estimate of drug-likeness (QED) is 0.150. The summed E-state index contributed by atoms with van der Waals surface area (Å²) in [5.41, 5.74) is 3.06. The van der Waals surface area contributed by atoms with Crippen molar-refractivity contribution in [3.63, 3.8) is 0 Å². The molecule has 0 spiro atoms. The molecule has 16 heteroatoms. The van der Waals surface area contributed by atoms with E-state index in [4.69, 9.17) is 29.8 Å². The van der Waals surface area contributed by atoms with Gasteiger partial charge in [0.15, 0.2) is 0 Å². The first-order valence-corrected chi connectivity index (χ1v) is 22.7. The van der Waals surface area contributed by atoms with Crippen molar-refractivity contribution in [1.29, 1.82) is 0 Å². The van der Waals surface area contributed by atoms with Gasteiger partial charge in [-0.3, -0.25) is 28.9 Å². The van der Waals surface area contributed by atoms with Gasteiger partial charge in [-0.25, -0.2) is 0 Å². The molecule has 2 fully saturated rings. The van der Waals surface area contributed by atoms with E-state index in [9.17, 15) is 9.59 Å². The van der Waals surface area contributed by atoms with E-state index in [-0.39, 0.29) is 11.8 Å². The smallest absolute Gasteiger partial charge is 0.227 e.